The summed E-state index contributed by atoms with van der Waals surface area (Å²) in [6.45, 7) is 5.23. The van der Waals surface area contributed by atoms with Crippen LogP contribution >= 0.6 is 0 Å². The largest absolute Gasteiger partial charge is 0.352 e. The highest BCUT2D eigenvalue weighted by molar-refractivity contribution is 5.78. The molecule has 0 aliphatic carbocycles. The number of piperidine rings is 1. The zero-order valence-corrected chi connectivity index (χ0v) is 14.9. The molecule has 0 unspecified atom stereocenters. The second-order valence-corrected chi connectivity index (χ2v) is 7.38. The molecule has 4 heteroatoms. The van der Waals surface area contributed by atoms with Crippen LogP contribution < -0.4 is 5.32 Å². The molecule has 3 rings (SSSR count). The number of hydrogen-bond donors (Lipinski definition) is 1. The molecule has 1 amide bonds. The fraction of sp³-hybridized carbons (Fsp3) is 0.650. The van der Waals surface area contributed by atoms with Crippen LogP contribution in [-0.2, 0) is 11.3 Å². The molecule has 2 aliphatic rings. The first-order valence-electron chi connectivity index (χ1n) is 9.46. The van der Waals surface area contributed by atoms with Crippen LogP contribution in [0.25, 0.3) is 0 Å². The van der Waals surface area contributed by atoms with E-state index in [9.17, 15) is 4.79 Å². The lowest BCUT2D eigenvalue weighted by Crippen LogP contribution is -2.41. The molecule has 1 aromatic carbocycles. The van der Waals surface area contributed by atoms with Crippen molar-refractivity contribution in [3.8, 4) is 0 Å². The number of nitrogens with one attached hydrogen (secondary N) is 1. The fourth-order valence-electron chi connectivity index (χ4n) is 4.02. The molecule has 2 saturated heterocycles. The predicted octanol–water partition coefficient (Wildman–Crippen LogP) is 2.50. The molecule has 1 aromatic rings. The SMILES string of the molecule is CN1CCC[C@H]1CCN1CCC(C(=O)NCc2ccccc2)CC1. The Morgan fingerprint density at radius 3 is 2.54 bits per heavy atom. The Morgan fingerprint density at radius 1 is 1.12 bits per heavy atom. The Balaban J connectivity index is 1.34. The molecule has 2 heterocycles. The lowest BCUT2D eigenvalue weighted by molar-refractivity contribution is -0.126. The molecule has 132 valence electrons. The van der Waals surface area contributed by atoms with Crippen molar-refractivity contribution in [2.45, 2.75) is 44.7 Å². The summed E-state index contributed by atoms with van der Waals surface area (Å²) >= 11 is 0. The van der Waals surface area contributed by atoms with Gasteiger partial charge in [-0.15, -0.1) is 0 Å². The Bertz CT molecular complexity index is 511. The number of likely N-dealkylation sites (tertiary alicyclic amines) is 2. The topological polar surface area (TPSA) is 35.6 Å². The van der Waals surface area contributed by atoms with Crippen LogP contribution in [0.3, 0.4) is 0 Å². The summed E-state index contributed by atoms with van der Waals surface area (Å²) in [5.41, 5.74) is 1.17. The van der Waals surface area contributed by atoms with Gasteiger partial charge >= 0.3 is 0 Å². The van der Waals surface area contributed by atoms with Crippen LogP contribution in [-0.4, -0.2) is 55.0 Å². The van der Waals surface area contributed by atoms with E-state index in [-0.39, 0.29) is 11.8 Å². The third-order valence-corrected chi connectivity index (χ3v) is 5.72. The average Bonchev–Trinajstić information content (AvgIpc) is 3.04. The van der Waals surface area contributed by atoms with E-state index in [1.165, 1.54) is 37.9 Å². The Labute approximate surface area is 146 Å². The van der Waals surface area contributed by atoms with E-state index in [0.717, 1.165) is 32.0 Å². The van der Waals surface area contributed by atoms with Gasteiger partial charge in [-0.1, -0.05) is 30.3 Å². The van der Waals surface area contributed by atoms with Gasteiger partial charge < -0.3 is 15.1 Å². The van der Waals surface area contributed by atoms with Crippen molar-refractivity contribution in [3.05, 3.63) is 35.9 Å². The minimum atomic E-state index is 0.194. The highest BCUT2D eigenvalue weighted by atomic mass is 16.1. The van der Waals surface area contributed by atoms with Crippen LogP contribution in [0.15, 0.2) is 30.3 Å². The second-order valence-electron chi connectivity index (χ2n) is 7.38. The van der Waals surface area contributed by atoms with E-state index in [1.807, 2.05) is 18.2 Å². The standard InChI is InChI=1S/C20H31N3O/c1-22-12-5-8-19(22)11-15-23-13-9-18(10-14-23)20(24)21-16-17-6-3-2-4-7-17/h2-4,6-7,18-19H,5,8-16H2,1H3,(H,21,24)/t19-/m0/s1. The summed E-state index contributed by atoms with van der Waals surface area (Å²) in [4.78, 5) is 17.4. The van der Waals surface area contributed by atoms with Gasteiger partial charge in [0, 0.05) is 18.5 Å². The molecule has 0 saturated carbocycles. The molecular formula is C20H31N3O. The zero-order chi connectivity index (χ0) is 16.8. The minimum absolute atomic E-state index is 0.194. The first kappa shape index (κ1) is 17.4. The van der Waals surface area contributed by atoms with E-state index in [1.54, 1.807) is 0 Å². The normalized spacial score (nSPS) is 23.5. The maximum atomic E-state index is 12.4. The number of amides is 1. The maximum absolute atomic E-state index is 12.4. The molecule has 1 atom stereocenters. The average molecular weight is 329 g/mol. The Hall–Kier alpha value is -1.39. The van der Waals surface area contributed by atoms with E-state index in [2.05, 4.69) is 34.3 Å². The van der Waals surface area contributed by atoms with Gasteiger partial charge in [0.2, 0.25) is 5.91 Å². The molecule has 1 N–H and O–H groups in total. The van der Waals surface area contributed by atoms with E-state index in [0.29, 0.717) is 6.54 Å². The van der Waals surface area contributed by atoms with Crippen molar-refractivity contribution >= 4 is 5.91 Å². The lowest BCUT2D eigenvalue weighted by atomic mass is 9.95. The molecule has 2 aliphatic heterocycles. The molecular weight excluding hydrogens is 298 g/mol. The van der Waals surface area contributed by atoms with Crippen LogP contribution in [0.2, 0.25) is 0 Å². The molecule has 4 nitrogen and oxygen atoms in total. The first-order valence-corrected chi connectivity index (χ1v) is 9.46. The Kier molecular flexibility index (Phi) is 6.27. The summed E-state index contributed by atoms with van der Waals surface area (Å²) in [6.07, 6.45) is 5.99. The van der Waals surface area contributed by atoms with Crippen molar-refractivity contribution in [1.29, 1.82) is 0 Å². The van der Waals surface area contributed by atoms with Crippen molar-refractivity contribution in [1.82, 2.24) is 15.1 Å². The van der Waals surface area contributed by atoms with Gasteiger partial charge in [0.05, 0.1) is 0 Å². The van der Waals surface area contributed by atoms with Crippen LogP contribution in [0.5, 0.6) is 0 Å². The molecule has 0 aromatic heterocycles. The molecule has 0 radical (unpaired) electrons. The number of nitrogens with zero attached hydrogens (tertiary/aromatic N) is 2. The minimum Gasteiger partial charge on any atom is -0.352 e. The quantitative estimate of drug-likeness (QED) is 0.871. The molecule has 0 spiro atoms. The highest BCUT2D eigenvalue weighted by Crippen LogP contribution is 2.21. The predicted molar refractivity (Wildman–Crippen MR) is 97.7 cm³/mol. The van der Waals surface area contributed by atoms with Gasteiger partial charge in [0.15, 0.2) is 0 Å². The smallest absolute Gasteiger partial charge is 0.223 e. The van der Waals surface area contributed by atoms with Crippen molar-refractivity contribution in [2.75, 3.05) is 33.2 Å². The van der Waals surface area contributed by atoms with Gasteiger partial charge in [-0.2, -0.15) is 0 Å². The monoisotopic (exact) mass is 329 g/mol. The van der Waals surface area contributed by atoms with Gasteiger partial charge in [-0.3, -0.25) is 4.79 Å². The van der Waals surface area contributed by atoms with Gasteiger partial charge in [0.1, 0.15) is 0 Å². The summed E-state index contributed by atoms with van der Waals surface area (Å²) in [5, 5.41) is 3.10. The van der Waals surface area contributed by atoms with Crippen molar-refractivity contribution in [2.24, 2.45) is 5.92 Å². The van der Waals surface area contributed by atoms with Crippen LogP contribution in [0.4, 0.5) is 0 Å². The molecule has 0 bridgehead atoms. The van der Waals surface area contributed by atoms with Gasteiger partial charge in [0.25, 0.3) is 0 Å². The summed E-state index contributed by atoms with van der Waals surface area (Å²) in [7, 11) is 2.25. The maximum Gasteiger partial charge on any atom is 0.223 e. The van der Waals surface area contributed by atoms with E-state index >= 15 is 0 Å². The number of benzene rings is 1. The fourth-order valence-corrected chi connectivity index (χ4v) is 4.02. The third kappa shape index (κ3) is 4.81. The van der Waals surface area contributed by atoms with E-state index in [4.69, 9.17) is 0 Å². The zero-order valence-electron chi connectivity index (χ0n) is 14.9. The summed E-state index contributed by atoms with van der Waals surface area (Å²) in [6, 6.07) is 10.9. The van der Waals surface area contributed by atoms with Crippen molar-refractivity contribution in [3.63, 3.8) is 0 Å². The lowest BCUT2D eigenvalue weighted by Gasteiger charge is -2.32. The first-order chi connectivity index (χ1) is 11.7. The number of carbonyl (C=O) groups is 1. The number of carbonyl (C=O) groups excluding carboxylic acids is 1. The molecule has 2 fully saturated rings. The molecule has 24 heavy (non-hydrogen) atoms. The Morgan fingerprint density at radius 2 is 1.88 bits per heavy atom. The third-order valence-electron chi connectivity index (χ3n) is 5.72. The highest BCUT2D eigenvalue weighted by Gasteiger charge is 2.26. The van der Waals surface area contributed by atoms with Gasteiger partial charge in [-0.05, 0) is 70.9 Å². The van der Waals surface area contributed by atoms with Gasteiger partial charge in [-0.25, -0.2) is 0 Å². The van der Waals surface area contributed by atoms with Crippen molar-refractivity contribution < 1.29 is 4.79 Å². The number of hydrogen-bond acceptors (Lipinski definition) is 3. The van der Waals surface area contributed by atoms with E-state index < -0.39 is 0 Å². The number of rotatable bonds is 6. The second kappa shape index (κ2) is 8.63. The van der Waals surface area contributed by atoms with Crippen LogP contribution in [0.1, 0.15) is 37.7 Å². The van der Waals surface area contributed by atoms with Crippen LogP contribution in [0, 0.1) is 5.92 Å². The summed E-state index contributed by atoms with van der Waals surface area (Å²) in [5.74, 6) is 0.424. The summed E-state index contributed by atoms with van der Waals surface area (Å²) < 4.78 is 0.